The summed E-state index contributed by atoms with van der Waals surface area (Å²) in [4.78, 5) is 39.5. The minimum absolute atomic E-state index is 0.174. The summed E-state index contributed by atoms with van der Waals surface area (Å²) in [6.07, 6.45) is 0.656. The van der Waals surface area contributed by atoms with Gasteiger partial charge in [-0.15, -0.1) is 0 Å². The van der Waals surface area contributed by atoms with Gasteiger partial charge in [-0.3, -0.25) is 4.79 Å². The Morgan fingerprint density at radius 2 is 1.62 bits per heavy atom. The van der Waals surface area contributed by atoms with Crippen LogP contribution in [0.25, 0.3) is 16.9 Å². The van der Waals surface area contributed by atoms with Crippen molar-refractivity contribution in [2.45, 2.75) is 20.3 Å². The van der Waals surface area contributed by atoms with E-state index >= 15 is 0 Å². The Balaban J connectivity index is 1.49. The highest BCUT2D eigenvalue weighted by atomic mass is 35.5. The first-order chi connectivity index (χ1) is 19.4. The third-order valence-corrected chi connectivity index (χ3v) is 6.13. The molecule has 1 heterocycles. The molecule has 0 atom stereocenters. The summed E-state index contributed by atoms with van der Waals surface area (Å²) in [5, 5.41) is 11.0. The highest BCUT2D eigenvalue weighted by Crippen LogP contribution is 2.25. The van der Waals surface area contributed by atoms with Gasteiger partial charge in [0.15, 0.2) is 0 Å². The van der Waals surface area contributed by atoms with E-state index in [0.29, 0.717) is 40.8 Å². The Hall–Kier alpha value is -4.63. The molecule has 0 bridgehead atoms. The van der Waals surface area contributed by atoms with Crippen molar-refractivity contribution in [2.75, 3.05) is 30.3 Å². The molecule has 3 aromatic carbocycles. The van der Waals surface area contributed by atoms with Crippen LogP contribution in [0.2, 0.25) is 5.02 Å². The van der Waals surface area contributed by atoms with E-state index < -0.39 is 12.0 Å². The number of amides is 3. The largest absolute Gasteiger partial charge is 0.462 e. The zero-order valence-electron chi connectivity index (χ0n) is 22.3. The van der Waals surface area contributed by atoms with Crippen LogP contribution in [-0.2, 0) is 9.53 Å². The molecule has 10 heteroatoms. The normalized spacial score (nSPS) is 10.6. The Bertz CT molecular complexity index is 1450. The molecule has 0 aliphatic rings. The molecule has 2 N–H and O–H groups in total. The highest BCUT2D eigenvalue weighted by molar-refractivity contribution is 6.30. The molecule has 206 valence electrons. The zero-order chi connectivity index (χ0) is 28.5. The van der Waals surface area contributed by atoms with Crippen molar-refractivity contribution in [1.82, 2.24) is 14.7 Å². The van der Waals surface area contributed by atoms with Gasteiger partial charge in [-0.2, -0.15) is 5.10 Å². The van der Waals surface area contributed by atoms with E-state index in [1.165, 1.54) is 4.90 Å². The quantitative estimate of drug-likeness (QED) is 0.223. The summed E-state index contributed by atoms with van der Waals surface area (Å²) in [5.74, 6) is -0.355. The zero-order valence-corrected chi connectivity index (χ0v) is 23.0. The predicted molar refractivity (Wildman–Crippen MR) is 156 cm³/mol. The highest BCUT2D eigenvalue weighted by Gasteiger charge is 2.20. The van der Waals surface area contributed by atoms with Crippen LogP contribution in [0.5, 0.6) is 0 Å². The van der Waals surface area contributed by atoms with Gasteiger partial charge in [0.05, 0.1) is 23.6 Å². The number of hydrogen-bond acceptors (Lipinski definition) is 5. The smallest absolute Gasteiger partial charge is 0.338 e. The van der Waals surface area contributed by atoms with E-state index in [1.54, 1.807) is 54.1 Å². The first-order valence-electron chi connectivity index (χ1n) is 12.9. The fourth-order valence-corrected chi connectivity index (χ4v) is 4.11. The Labute approximate surface area is 237 Å². The second-order valence-corrected chi connectivity index (χ2v) is 9.30. The van der Waals surface area contributed by atoms with Crippen LogP contribution in [0.15, 0.2) is 84.9 Å². The van der Waals surface area contributed by atoms with E-state index in [-0.39, 0.29) is 19.1 Å². The average molecular weight is 560 g/mol. The van der Waals surface area contributed by atoms with Gasteiger partial charge in [0.2, 0.25) is 5.91 Å². The molecule has 1 aromatic heterocycles. The summed E-state index contributed by atoms with van der Waals surface area (Å²) in [6, 6.07) is 24.5. The lowest BCUT2D eigenvalue weighted by molar-refractivity contribution is -0.116. The summed E-state index contributed by atoms with van der Waals surface area (Å²) in [6.45, 7) is 4.13. The Kier molecular flexibility index (Phi) is 9.53. The van der Waals surface area contributed by atoms with Crippen LogP contribution in [0, 0.1) is 0 Å². The number of halogens is 1. The fraction of sp³-hybridized carbons (Fsp3) is 0.200. The molecule has 0 spiro atoms. The summed E-state index contributed by atoms with van der Waals surface area (Å²) >= 11 is 6.07. The summed E-state index contributed by atoms with van der Waals surface area (Å²) in [7, 11) is 0. The van der Waals surface area contributed by atoms with E-state index in [4.69, 9.17) is 21.4 Å². The minimum atomic E-state index is -0.433. The molecule has 0 radical (unpaired) electrons. The standard InChI is InChI=1S/C30H30ClN5O4/c1-3-18-35(30(39)32-24-14-10-22(11-15-24)29(38)40-4-2)20-28(37)33-27-19-26(21-8-6-5-7-9-21)34-36(27)25-16-12-23(31)13-17-25/h5-17,19H,3-4,18,20H2,1-2H3,(H,32,39)(H,33,37). The van der Waals surface area contributed by atoms with E-state index in [1.807, 2.05) is 49.4 Å². The lowest BCUT2D eigenvalue weighted by Crippen LogP contribution is -2.41. The molecule has 0 aliphatic carbocycles. The number of esters is 1. The third-order valence-electron chi connectivity index (χ3n) is 5.88. The molecule has 4 rings (SSSR count). The van der Waals surface area contributed by atoms with Gasteiger partial charge < -0.3 is 20.3 Å². The molecule has 3 amide bonds. The van der Waals surface area contributed by atoms with E-state index in [0.717, 1.165) is 11.3 Å². The first-order valence-corrected chi connectivity index (χ1v) is 13.3. The Morgan fingerprint density at radius 3 is 2.27 bits per heavy atom. The molecular formula is C30H30ClN5O4. The van der Waals surface area contributed by atoms with Crippen LogP contribution >= 0.6 is 11.6 Å². The van der Waals surface area contributed by atoms with Crippen LogP contribution in [-0.4, -0.2) is 52.3 Å². The third kappa shape index (κ3) is 7.27. The number of ether oxygens (including phenoxy) is 1. The average Bonchev–Trinajstić information content (AvgIpc) is 3.37. The van der Waals surface area contributed by atoms with Crippen LogP contribution in [0.4, 0.5) is 16.3 Å². The lowest BCUT2D eigenvalue weighted by atomic mass is 10.1. The van der Waals surface area contributed by atoms with Crippen LogP contribution < -0.4 is 10.6 Å². The molecule has 40 heavy (non-hydrogen) atoms. The fourth-order valence-electron chi connectivity index (χ4n) is 3.98. The number of carbonyl (C=O) groups is 3. The summed E-state index contributed by atoms with van der Waals surface area (Å²) in [5.41, 5.74) is 3.17. The molecular weight excluding hydrogens is 530 g/mol. The van der Waals surface area contributed by atoms with Gasteiger partial charge in [0, 0.05) is 28.9 Å². The number of nitrogens with one attached hydrogen (secondary N) is 2. The molecule has 4 aromatic rings. The molecule has 0 unspecified atom stereocenters. The number of anilines is 2. The van der Waals surface area contributed by atoms with Crippen molar-refractivity contribution in [3.8, 4) is 16.9 Å². The SMILES string of the molecule is CCCN(CC(=O)Nc1cc(-c2ccccc2)nn1-c1ccc(Cl)cc1)C(=O)Nc1ccc(C(=O)OCC)cc1. The van der Waals surface area contributed by atoms with Gasteiger partial charge in [-0.05, 0) is 61.9 Å². The van der Waals surface area contributed by atoms with Gasteiger partial charge in [-0.1, -0.05) is 48.9 Å². The first kappa shape index (κ1) is 28.4. The monoisotopic (exact) mass is 559 g/mol. The van der Waals surface area contributed by atoms with Crippen molar-refractivity contribution < 1.29 is 19.1 Å². The van der Waals surface area contributed by atoms with Crippen molar-refractivity contribution in [1.29, 1.82) is 0 Å². The van der Waals surface area contributed by atoms with Crippen molar-refractivity contribution >= 4 is 41.0 Å². The maximum Gasteiger partial charge on any atom is 0.338 e. The number of benzene rings is 3. The second kappa shape index (κ2) is 13.4. The summed E-state index contributed by atoms with van der Waals surface area (Å²) < 4.78 is 6.62. The lowest BCUT2D eigenvalue weighted by Gasteiger charge is -2.22. The van der Waals surface area contributed by atoms with Crippen LogP contribution in [0.3, 0.4) is 0 Å². The maximum absolute atomic E-state index is 13.2. The Morgan fingerprint density at radius 1 is 0.925 bits per heavy atom. The topological polar surface area (TPSA) is 106 Å². The van der Waals surface area contributed by atoms with Gasteiger partial charge in [0.25, 0.3) is 0 Å². The number of hydrogen-bond donors (Lipinski definition) is 2. The second-order valence-electron chi connectivity index (χ2n) is 8.87. The number of urea groups is 1. The van der Waals surface area contributed by atoms with E-state index in [9.17, 15) is 14.4 Å². The van der Waals surface area contributed by atoms with Crippen molar-refractivity contribution in [2.24, 2.45) is 0 Å². The van der Waals surface area contributed by atoms with Gasteiger partial charge >= 0.3 is 12.0 Å². The molecule has 0 saturated carbocycles. The predicted octanol–water partition coefficient (Wildman–Crippen LogP) is 6.25. The number of nitrogens with zero attached hydrogens (tertiary/aromatic N) is 3. The number of carbonyl (C=O) groups excluding carboxylic acids is 3. The molecule has 0 saturated heterocycles. The number of aromatic nitrogens is 2. The molecule has 9 nitrogen and oxygen atoms in total. The van der Waals surface area contributed by atoms with Crippen molar-refractivity contribution in [3.63, 3.8) is 0 Å². The van der Waals surface area contributed by atoms with Gasteiger partial charge in [0.1, 0.15) is 12.4 Å². The van der Waals surface area contributed by atoms with Crippen LogP contribution in [0.1, 0.15) is 30.6 Å². The van der Waals surface area contributed by atoms with E-state index in [2.05, 4.69) is 10.6 Å². The van der Waals surface area contributed by atoms with Gasteiger partial charge in [-0.25, -0.2) is 14.3 Å². The maximum atomic E-state index is 13.2. The molecule has 0 fully saturated rings. The molecule has 0 aliphatic heterocycles. The number of rotatable bonds is 10. The van der Waals surface area contributed by atoms with Crippen molar-refractivity contribution in [3.05, 3.63) is 95.5 Å². The minimum Gasteiger partial charge on any atom is -0.462 e.